The minimum absolute atomic E-state index is 0.0901. The number of anilines is 1. The maximum Gasteiger partial charge on any atom is 0.270 e. The number of fused-ring (bicyclic) bond motifs is 1. The third kappa shape index (κ3) is 1.89. The number of nitrogens with zero attached hydrogens (tertiary/aromatic N) is 1. The number of carbonyl (C=O) groups is 1. The molecule has 0 aromatic heterocycles. The molecule has 0 radical (unpaired) electrons. The predicted octanol–water partition coefficient (Wildman–Crippen LogP) is 1.87. The molecule has 1 heterocycles. The van der Waals surface area contributed by atoms with Gasteiger partial charge in [-0.3, -0.25) is 4.79 Å². The first kappa shape index (κ1) is 11.9. The first-order chi connectivity index (χ1) is 7.83. The fourth-order valence-electron chi connectivity index (χ4n) is 1.97. The van der Waals surface area contributed by atoms with Crippen molar-refractivity contribution < 1.29 is 14.6 Å². The molecule has 17 heavy (non-hydrogen) atoms. The maximum atomic E-state index is 12.0. The van der Waals surface area contributed by atoms with Gasteiger partial charge in [0.15, 0.2) is 5.60 Å². The Morgan fingerprint density at radius 3 is 2.65 bits per heavy atom. The highest BCUT2D eigenvalue weighted by Crippen LogP contribution is 2.38. The molecule has 4 heteroatoms. The van der Waals surface area contributed by atoms with Crippen molar-refractivity contribution in [3.05, 3.63) is 23.8 Å². The number of ether oxygens (including phenoxy) is 1. The highest BCUT2D eigenvalue weighted by Gasteiger charge is 2.39. The van der Waals surface area contributed by atoms with Gasteiger partial charge in [0.25, 0.3) is 5.91 Å². The van der Waals surface area contributed by atoms with E-state index in [4.69, 9.17) is 4.74 Å². The maximum absolute atomic E-state index is 12.0. The quantitative estimate of drug-likeness (QED) is 0.808. The number of hydrogen-bond acceptors (Lipinski definition) is 3. The molecule has 1 amide bonds. The van der Waals surface area contributed by atoms with Crippen LogP contribution < -0.4 is 9.64 Å². The average molecular weight is 235 g/mol. The van der Waals surface area contributed by atoms with Gasteiger partial charge in [0, 0.05) is 7.05 Å². The van der Waals surface area contributed by atoms with Gasteiger partial charge in [-0.1, -0.05) is 6.07 Å². The Hall–Kier alpha value is -1.55. The molecule has 2 rings (SSSR count). The van der Waals surface area contributed by atoms with Gasteiger partial charge in [0.1, 0.15) is 5.75 Å². The second-order valence-electron chi connectivity index (χ2n) is 4.88. The van der Waals surface area contributed by atoms with Gasteiger partial charge in [-0.25, -0.2) is 0 Å². The summed E-state index contributed by atoms with van der Waals surface area (Å²) >= 11 is 0. The molecule has 1 atom stereocenters. The van der Waals surface area contributed by atoms with Gasteiger partial charge in [-0.05, 0) is 38.5 Å². The molecular weight excluding hydrogens is 218 g/mol. The van der Waals surface area contributed by atoms with E-state index < -0.39 is 11.7 Å². The molecule has 0 fully saturated rings. The van der Waals surface area contributed by atoms with Gasteiger partial charge in [0.2, 0.25) is 0 Å². The average Bonchev–Trinajstić information content (AvgIpc) is 2.25. The molecule has 0 aliphatic carbocycles. The number of benzene rings is 1. The number of carbonyl (C=O) groups excluding carboxylic acids is 1. The van der Waals surface area contributed by atoms with Gasteiger partial charge in [-0.2, -0.15) is 0 Å². The molecule has 1 aliphatic rings. The standard InChI is InChI=1S/C13H17NO3/c1-8(15)9-5-6-11-10(7-9)14(4)12(16)13(2,3)17-11/h5-8,15H,1-4H3. The molecule has 0 bridgehead atoms. The first-order valence-corrected chi connectivity index (χ1v) is 5.62. The van der Waals surface area contributed by atoms with Crippen LogP contribution in [0.4, 0.5) is 5.69 Å². The molecule has 92 valence electrons. The molecule has 4 nitrogen and oxygen atoms in total. The lowest BCUT2D eigenvalue weighted by Gasteiger charge is -2.37. The molecular formula is C13H17NO3. The van der Waals surface area contributed by atoms with Crippen molar-refractivity contribution in [1.29, 1.82) is 0 Å². The SMILES string of the molecule is CC(O)c1ccc2c(c1)N(C)C(=O)C(C)(C)O2. The van der Waals surface area contributed by atoms with Crippen molar-refractivity contribution in [3.63, 3.8) is 0 Å². The number of amides is 1. The van der Waals surface area contributed by atoms with Gasteiger partial charge >= 0.3 is 0 Å². The van der Waals surface area contributed by atoms with Crippen LogP contribution in [0, 0.1) is 0 Å². The Balaban J connectivity index is 2.50. The second kappa shape index (κ2) is 3.74. The normalized spacial score (nSPS) is 19.6. The van der Waals surface area contributed by atoms with Crippen LogP contribution in [0.5, 0.6) is 5.75 Å². The van der Waals surface area contributed by atoms with E-state index >= 15 is 0 Å². The van der Waals surface area contributed by atoms with Crippen molar-refractivity contribution >= 4 is 11.6 Å². The summed E-state index contributed by atoms with van der Waals surface area (Å²) in [6.07, 6.45) is -0.557. The van der Waals surface area contributed by atoms with Crippen LogP contribution in [-0.4, -0.2) is 23.7 Å². The van der Waals surface area contributed by atoms with Crippen LogP contribution >= 0.6 is 0 Å². The van der Waals surface area contributed by atoms with E-state index in [-0.39, 0.29) is 5.91 Å². The zero-order valence-corrected chi connectivity index (χ0v) is 10.5. The number of aliphatic hydroxyl groups excluding tert-OH is 1. The number of rotatable bonds is 1. The minimum Gasteiger partial charge on any atom is -0.476 e. The zero-order chi connectivity index (χ0) is 12.8. The molecule has 1 N–H and O–H groups in total. The summed E-state index contributed by atoms with van der Waals surface area (Å²) in [6.45, 7) is 5.19. The third-order valence-electron chi connectivity index (χ3n) is 3.01. The summed E-state index contributed by atoms with van der Waals surface area (Å²) in [4.78, 5) is 13.6. The van der Waals surface area contributed by atoms with E-state index in [0.717, 1.165) is 5.56 Å². The van der Waals surface area contributed by atoms with Gasteiger partial charge in [-0.15, -0.1) is 0 Å². The Bertz CT molecular complexity index is 466. The van der Waals surface area contributed by atoms with Crippen LogP contribution in [0.25, 0.3) is 0 Å². The van der Waals surface area contributed by atoms with E-state index in [9.17, 15) is 9.90 Å². The second-order valence-corrected chi connectivity index (χ2v) is 4.88. The summed E-state index contributed by atoms with van der Waals surface area (Å²) in [5, 5.41) is 9.54. The Labute approximate surface area is 101 Å². The Morgan fingerprint density at radius 2 is 2.06 bits per heavy atom. The van der Waals surface area contributed by atoms with E-state index in [1.807, 2.05) is 6.07 Å². The Kier molecular flexibility index (Phi) is 2.62. The number of hydrogen-bond donors (Lipinski definition) is 1. The monoisotopic (exact) mass is 235 g/mol. The van der Waals surface area contributed by atoms with Crippen LogP contribution in [-0.2, 0) is 4.79 Å². The van der Waals surface area contributed by atoms with Crippen molar-refractivity contribution in [3.8, 4) is 5.75 Å². The van der Waals surface area contributed by atoms with Crippen molar-refractivity contribution in [1.82, 2.24) is 0 Å². The van der Waals surface area contributed by atoms with Crippen LogP contribution in [0.15, 0.2) is 18.2 Å². The van der Waals surface area contributed by atoms with Crippen LogP contribution in [0.2, 0.25) is 0 Å². The van der Waals surface area contributed by atoms with Crippen molar-refractivity contribution in [2.75, 3.05) is 11.9 Å². The summed E-state index contributed by atoms with van der Waals surface area (Å²) < 4.78 is 5.66. The Morgan fingerprint density at radius 1 is 1.41 bits per heavy atom. The lowest BCUT2D eigenvalue weighted by Crippen LogP contribution is -2.50. The molecule has 1 aromatic carbocycles. The van der Waals surface area contributed by atoms with Crippen LogP contribution in [0.3, 0.4) is 0 Å². The van der Waals surface area contributed by atoms with Gasteiger partial charge < -0.3 is 14.7 Å². The topological polar surface area (TPSA) is 49.8 Å². The smallest absolute Gasteiger partial charge is 0.270 e. The van der Waals surface area contributed by atoms with E-state index in [1.54, 1.807) is 44.9 Å². The fourth-order valence-corrected chi connectivity index (χ4v) is 1.97. The van der Waals surface area contributed by atoms with Crippen LogP contribution in [0.1, 0.15) is 32.4 Å². The lowest BCUT2D eigenvalue weighted by molar-refractivity contribution is -0.132. The molecule has 0 spiro atoms. The highest BCUT2D eigenvalue weighted by atomic mass is 16.5. The highest BCUT2D eigenvalue weighted by molar-refractivity contribution is 6.01. The fraction of sp³-hybridized carbons (Fsp3) is 0.462. The largest absolute Gasteiger partial charge is 0.476 e. The lowest BCUT2D eigenvalue weighted by atomic mass is 10.0. The van der Waals surface area contributed by atoms with E-state index in [0.29, 0.717) is 11.4 Å². The van der Waals surface area contributed by atoms with Crippen molar-refractivity contribution in [2.24, 2.45) is 0 Å². The summed E-state index contributed by atoms with van der Waals surface area (Å²) in [5.41, 5.74) is 0.633. The van der Waals surface area contributed by atoms with Crippen molar-refractivity contribution in [2.45, 2.75) is 32.5 Å². The molecule has 0 saturated carbocycles. The predicted molar refractivity (Wildman–Crippen MR) is 65.2 cm³/mol. The zero-order valence-electron chi connectivity index (χ0n) is 10.5. The molecule has 1 aromatic rings. The summed E-state index contributed by atoms with van der Waals surface area (Å²) in [6, 6.07) is 5.39. The van der Waals surface area contributed by atoms with E-state index in [2.05, 4.69) is 0 Å². The molecule has 1 aliphatic heterocycles. The molecule has 0 saturated heterocycles. The third-order valence-corrected chi connectivity index (χ3v) is 3.01. The summed E-state index contributed by atoms with van der Waals surface area (Å²) in [7, 11) is 1.72. The summed E-state index contributed by atoms with van der Waals surface area (Å²) in [5.74, 6) is 0.578. The van der Waals surface area contributed by atoms with E-state index in [1.165, 1.54) is 0 Å². The minimum atomic E-state index is -0.839. The number of likely N-dealkylation sites (N-methyl/N-ethyl adjacent to an activating group) is 1. The number of aliphatic hydroxyl groups is 1. The molecule has 1 unspecified atom stereocenters. The van der Waals surface area contributed by atoms with Gasteiger partial charge in [0.05, 0.1) is 11.8 Å². The first-order valence-electron chi connectivity index (χ1n) is 5.62.